The SMILES string of the molecule is FC(F)(F)c1cc(Nc2nc(NCC3CC3)nc(-c3nc(C(F)(F)F)cs3)n2)ccn1. The molecule has 1 aliphatic rings. The van der Waals surface area contributed by atoms with Gasteiger partial charge in [-0.1, -0.05) is 0 Å². The van der Waals surface area contributed by atoms with Crippen LogP contribution in [-0.2, 0) is 12.4 Å². The molecular weight excluding hydrogens is 448 g/mol. The van der Waals surface area contributed by atoms with E-state index in [0.29, 0.717) is 23.8 Å². The van der Waals surface area contributed by atoms with E-state index in [1.807, 2.05) is 0 Å². The maximum atomic E-state index is 12.9. The molecule has 3 heterocycles. The van der Waals surface area contributed by atoms with Crippen molar-refractivity contribution >= 4 is 28.9 Å². The molecule has 3 aromatic rings. The molecule has 3 aromatic heterocycles. The molecule has 0 bridgehead atoms. The second kappa shape index (κ2) is 7.90. The Balaban J connectivity index is 1.65. The van der Waals surface area contributed by atoms with Crippen LogP contribution < -0.4 is 10.6 Å². The third kappa shape index (κ3) is 5.37. The number of hydrogen-bond donors (Lipinski definition) is 2. The van der Waals surface area contributed by atoms with Crippen LogP contribution in [-0.4, -0.2) is 31.5 Å². The van der Waals surface area contributed by atoms with Crippen LogP contribution in [0.5, 0.6) is 0 Å². The monoisotopic (exact) mass is 461 g/mol. The largest absolute Gasteiger partial charge is 0.434 e. The van der Waals surface area contributed by atoms with Gasteiger partial charge in [0.1, 0.15) is 5.69 Å². The number of nitrogens with one attached hydrogen (secondary N) is 2. The molecule has 0 amide bonds. The van der Waals surface area contributed by atoms with Crippen LogP contribution in [0.1, 0.15) is 24.2 Å². The average Bonchev–Trinajstić information content (AvgIpc) is 3.37. The number of rotatable bonds is 6. The Morgan fingerprint density at radius 1 is 0.935 bits per heavy atom. The van der Waals surface area contributed by atoms with E-state index in [0.717, 1.165) is 30.5 Å². The van der Waals surface area contributed by atoms with E-state index in [2.05, 4.69) is 35.6 Å². The fourth-order valence-electron chi connectivity index (χ4n) is 2.46. The molecule has 31 heavy (non-hydrogen) atoms. The predicted molar refractivity (Wildman–Crippen MR) is 99.7 cm³/mol. The fourth-order valence-corrected chi connectivity index (χ4v) is 3.22. The Labute approximate surface area is 175 Å². The summed E-state index contributed by atoms with van der Waals surface area (Å²) in [7, 11) is 0. The standard InChI is InChI=1S/C17H13F6N7S/c18-16(19,20)10-5-9(3-4-24-10)26-15-29-12(13-27-11(7-31-13)17(21,22)23)28-14(30-15)25-6-8-1-2-8/h3-5,7-8H,1-2,6H2,(H2,24,25,26,28,29,30). The van der Waals surface area contributed by atoms with Crippen molar-refractivity contribution in [1.82, 2.24) is 24.9 Å². The minimum absolute atomic E-state index is 0.00253. The molecule has 0 atom stereocenters. The minimum Gasteiger partial charge on any atom is -0.354 e. The average molecular weight is 461 g/mol. The Hall–Kier alpha value is -3.03. The molecule has 164 valence electrons. The first-order valence-electron chi connectivity index (χ1n) is 8.91. The fraction of sp³-hybridized carbons (Fsp3) is 0.353. The maximum Gasteiger partial charge on any atom is 0.434 e. The summed E-state index contributed by atoms with van der Waals surface area (Å²) in [6.07, 6.45) is -6.23. The number of aromatic nitrogens is 5. The van der Waals surface area contributed by atoms with Gasteiger partial charge in [0, 0.05) is 23.8 Å². The number of hydrogen-bond acceptors (Lipinski definition) is 8. The molecule has 1 saturated carbocycles. The van der Waals surface area contributed by atoms with E-state index in [-0.39, 0.29) is 28.4 Å². The van der Waals surface area contributed by atoms with Crippen molar-refractivity contribution in [3.8, 4) is 10.8 Å². The highest BCUT2D eigenvalue weighted by Crippen LogP contribution is 2.34. The molecule has 1 fully saturated rings. The van der Waals surface area contributed by atoms with Crippen molar-refractivity contribution in [2.75, 3.05) is 17.2 Å². The number of alkyl halides is 6. The number of nitrogens with zero attached hydrogens (tertiary/aromatic N) is 5. The molecule has 0 aliphatic heterocycles. The summed E-state index contributed by atoms with van der Waals surface area (Å²) in [5.41, 5.74) is -2.20. The molecular formula is C17H13F6N7S. The van der Waals surface area contributed by atoms with Gasteiger partial charge in [0.25, 0.3) is 0 Å². The lowest BCUT2D eigenvalue weighted by Crippen LogP contribution is -2.11. The summed E-state index contributed by atoms with van der Waals surface area (Å²) in [5.74, 6) is 0.240. The van der Waals surface area contributed by atoms with Crippen LogP contribution in [0.25, 0.3) is 10.8 Å². The lowest BCUT2D eigenvalue weighted by molar-refractivity contribution is -0.141. The first kappa shape index (κ1) is 21.2. The van der Waals surface area contributed by atoms with E-state index < -0.39 is 23.7 Å². The number of pyridine rings is 1. The summed E-state index contributed by atoms with van der Waals surface area (Å²) < 4.78 is 77.3. The third-order valence-electron chi connectivity index (χ3n) is 4.17. The molecule has 14 heteroatoms. The first-order valence-corrected chi connectivity index (χ1v) is 9.79. The van der Waals surface area contributed by atoms with E-state index in [1.54, 1.807) is 0 Å². The van der Waals surface area contributed by atoms with E-state index in [4.69, 9.17) is 0 Å². The number of thiazole rings is 1. The topological polar surface area (TPSA) is 88.5 Å². The quantitative estimate of drug-likeness (QED) is 0.500. The first-order chi connectivity index (χ1) is 14.6. The lowest BCUT2D eigenvalue weighted by atomic mass is 10.3. The molecule has 0 spiro atoms. The Morgan fingerprint density at radius 2 is 1.65 bits per heavy atom. The van der Waals surface area contributed by atoms with Gasteiger partial charge >= 0.3 is 12.4 Å². The van der Waals surface area contributed by atoms with Gasteiger partial charge in [-0.3, -0.25) is 4.98 Å². The zero-order valence-corrected chi connectivity index (χ0v) is 16.2. The molecule has 4 rings (SSSR count). The van der Waals surface area contributed by atoms with Gasteiger partial charge in [-0.25, -0.2) is 4.98 Å². The van der Waals surface area contributed by atoms with Crippen LogP contribution >= 0.6 is 11.3 Å². The summed E-state index contributed by atoms with van der Waals surface area (Å²) in [6.45, 7) is 0.558. The van der Waals surface area contributed by atoms with Crippen LogP contribution in [0, 0.1) is 5.92 Å². The van der Waals surface area contributed by atoms with Crippen LogP contribution in [0.2, 0.25) is 0 Å². The zero-order valence-electron chi connectivity index (χ0n) is 15.4. The molecule has 0 radical (unpaired) electrons. The molecule has 7 nitrogen and oxygen atoms in total. The maximum absolute atomic E-state index is 12.9. The highest BCUT2D eigenvalue weighted by atomic mass is 32.1. The Kier molecular flexibility index (Phi) is 5.41. The summed E-state index contributed by atoms with van der Waals surface area (Å²) in [6, 6.07) is 2.05. The highest BCUT2D eigenvalue weighted by molar-refractivity contribution is 7.13. The highest BCUT2D eigenvalue weighted by Gasteiger charge is 2.34. The van der Waals surface area contributed by atoms with Gasteiger partial charge in [0.05, 0.1) is 0 Å². The van der Waals surface area contributed by atoms with Crippen LogP contribution in [0.4, 0.5) is 43.9 Å². The number of anilines is 3. The normalized spacial score (nSPS) is 14.5. The predicted octanol–water partition coefficient (Wildman–Crippen LogP) is 4.99. The van der Waals surface area contributed by atoms with Crippen molar-refractivity contribution < 1.29 is 26.3 Å². The van der Waals surface area contributed by atoms with Gasteiger partial charge in [0.2, 0.25) is 11.9 Å². The summed E-state index contributed by atoms with van der Waals surface area (Å²) >= 11 is 0.698. The van der Waals surface area contributed by atoms with Crippen molar-refractivity contribution in [3.05, 3.63) is 35.1 Å². The van der Waals surface area contributed by atoms with Crippen molar-refractivity contribution in [1.29, 1.82) is 0 Å². The smallest absolute Gasteiger partial charge is 0.354 e. The van der Waals surface area contributed by atoms with Gasteiger partial charge in [-0.05, 0) is 30.9 Å². The Morgan fingerprint density at radius 3 is 2.29 bits per heavy atom. The second-order valence-corrected chi connectivity index (χ2v) is 7.58. The molecule has 0 saturated heterocycles. The second-order valence-electron chi connectivity index (χ2n) is 6.72. The van der Waals surface area contributed by atoms with Gasteiger partial charge in [-0.2, -0.15) is 41.3 Å². The molecule has 0 unspecified atom stereocenters. The van der Waals surface area contributed by atoms with Crippen molar-refractivity contribution in [3.63, 3.8) is 0 Å². The van der Waals surface area contributed by atoms with Crippen molar-refractivity contribution in [2.45, 2.75) is 25.2 Å². The third-order valence-corrected chi connectivity index (χ3v) is 5.01. The summed E-state index contributed by atoms with van der Waals surface area (Å²) in [5, 5.41) is 6.33. The lowest BCUT2D eigenvalue weighted by Gasteiger charge is -2.11. The molecule has 0 aromatic carbocycles. The van der Waals surface area contributed by atoms with E-state index in [1.165, 1.54) is 6.07 Å². The van der Waals surface area contributed by atoms with Gasteiger partial charge < -0.3 is 10.6 Å². The Bertz CT molecular complexity index is 1080. The van der Waals surface area contributed by atoms with Crippen LogP contribution in [0.15, 0.2) is 23.7 Å². The number of halogens is 6. The molecule has 2 N–H and O–H groups in total. The van der Waals surface area contributed by atoms with Gasteiger partial charge in [-0.15, -0.1) is 11.3 Å². The zero-order chi connectivity index (χ0) is 22.2. The van der Waals surface area contributed by atoms with E-state index >= 15 is 0 Å². The van der Waals surface area contributed by atoms with Gasteiger partial charge in [0.15, 0.2) is 16.5 Å². The van der Waals surface area contributed by atoms with Crippen LogP contribution in [0.3, 0.4) is 0 Å². The van der Waals surface area contributed by atoms with E-state index in [9.17, 15) is 26.3 Å². The van der Waals surface area contributed by atoms with Crippen molar-refractivity contribution in [2.24, 2.45) is 5.92 Å². The molecule has 1 aliphatic carbocycles. The summed E-state index contributed by atoms with van der Waals surface area (Å²) in [4.78, 5) is 19.0. The minimum atomic E-state index is -4.65.